The van der Waals surface area contributed by atoms with Crippen LogP contribution in [0.2, 0.25) is 0 Å². The van der Waals surface area contributed by atoms with E-state index in [-0.39, 0.29) is 5.69 Å². The van der Waals surface area contributed by atoms with Crippen LogP contribution in [0, 0.1) is 6.92 Å². The molecule has 6 heteroatoms. The van der Waals surface area contributed by atoms with Gasteiger partial charge in [-0.25, -0.2) is 14.8 Å². The van der Waals surface area contributed by atoms with Crippen molar-refractivity contribution < 1.29 is 9.90 Å². The number of aromatic nitrogens is 3. The van der Waals surface area contributed by atoms with Crippen molar-refractivity contribution in [2.45, 2.75) is 6.92 Å². The normalized spacial score (nSPS) is 10.8. The summed E-state index contributed by atoms with van der Waals surface area (Å²) in [6.07, 6.45) is 2.78. The minimum Gasteiger partial charge on any atom is -0.476 e. The number of carboxylic acid groups (broad SMARTS) is 1. The lowest BCUT2D eigenvalue weighted by Gasteiger charge is -2.01. The molecule has 0 aliphatic heterocycles. The summed E-state index contributed by atoms with van der Waals surface area (Å²) in [4.78, 5) is 23.3. The molecule has 5 nitrogen and oxygen atoms in total. The molecule has 0 saturated heterocycles. The Kier molecular flexibility index (Phi) is 2.72. The van der Waals surface area contributed by atoms with Crippen molar-refractivity contribution in [3.05, 3.63) is 41.3 Å². The molecule has 2 heterocycles. The first kappa shape index (κ1) is 11.7. The molecule has 0 spiro atoms. The van der Waals surface area contributed by atoms with Crippen LogP contribution in [0.5, 0.6) is 0 Å². The van der Waals surface area contributed by atoms with Gasteiger partial charge in [0.15, 0.2) is 5.69 Å². The van der Waals surface area contributed by atoms with Gasteiger partial charge in [0.1, 0.15) is 0 Å². The number of carboxylic acids is 1. The smallest absolute Gasteiger partial charge is 0.356 e. The number of aromatic carboxylic acids is 1. The minimum absolute atomic E-state index is 0.0629. The van der Waals surface area contributed by atoms with Crippen LogP contribution >= 0.6 is 11.3 Å². The first-order chi connectivity index (χ1) is 9.13. The standard InChI is InChI=1S/C13H9N3O2S/c1-7-15-9-4-8(2-3-12(9)19-7)10-5-14-6-11(16-10)13(17)18/h2-6H,1H3,(H,17,18). The lowest BCUT2D eigenvalue weighted by molar-refractivity contribution is 0.0690. The molecular weight excluding hydrogens is 262 g/mol. The summed E-state index contributed by atoms with van der Waals surface area (Å²) in [5, 5.41) is 9.92. The van der Waals surface area contributed by atoms with Gasteiger partial charge in [-0.05, 0) is 19.1 Å². The van der Waals surface area contributed by atoms with E-state index in [2.05, 4.69) is 15.0 Å². The number of benzene rings is 1. The van der Waals surface area contributed by atoms with Crippen LogP contribution < -0.4 is 0 Å². The Hall–Kier alpha value is -2.34. The molecule has 3 aromatic rings. The van der Waals surface area contributed by atoms with Crippen LogP contribution in [0.15, 0.2) is 30.6 Å². The third kappa shape index (κ3) is 2.17. The van der Waals surface area contributed by atoms with E-state index in [9.17, 15) is 4.79 Å². The summed E-state index contributed by atoms with van der Waals surface area (Å²) in [6, 6.07) is 5.76. The summed E-state index contributed by atoms with van der Waals surface area (Å²) in [6.45, 7) is 1.95. The monoisotopic (exact) mass is 271 g/mol. The SMILES string of the molecule is Cc1nc2cc(-c3cncc(C(=O)O)n3)ccc2s1. The maximum atomic E-state index is 10.9. The van der Waals surface area contributed by atoms with Crippen molar-refractivity contribution in [1.82, 2.24) is 15.0 Å². The maximum absolute atomic E-state index is 10.9. The molecule has 0 unspecified atom stereocenters. The lowest BCUT2D eigenvalue weighted by atomic mass is 10.1. The summed E-state index contributed by atoms with van der Waals surface area (Å²) >= 11 is 1.62. The third-order valence-electron chi connectivity index (χ3n) is 2.64. The number of thiazole rings is 1. The fourth-order valence-corrected chi connectivity index (χ4v) is 2.62. The minimum atomic E-state index is -1.08. The Labute approximate surface area is 112 Å². The fraction of sp³-hybridized carbons (Fsp3) is 0.0769. The Balaban J connectivity index is 2.12. The molecule has 2 aromatic heterocycles. The molecule has 0 aliphatic rings. The second-order valence-corrected chi connectivity index (χ2v) is 5.24. The highest BCUT2D eigenvalue weighted by Crippen LogP contribution is 2.26. The van der Waals surface area contributed by atoms with Crippen molar-refractivity contribution in [3.8, 4) is 11.3 Å². The Morgan fingerprint density at radius 3 is 2.89 bits per heavy atom. The van der Waals surface area contributed by atoms with Gasteiger partial charge in [0, 0.05) is 5.56 Å². The Morgan fingerprint density at radius 1 is 1.26 bits per heavy atom. The number of rotatable bonds is 2. The zero-order valence-corrected chi connectivity index (χ0v) is 10.8. The van der Waals surface area contributed by atoms with Crippen molar-refractivity contribution >= 4 is 27.5 Å². The molecule has 0 atom stereocenters. The average Bonchev–Trinajstić information content (AvgIpc) is 2.77. The number of aryl methyl sites for hydroxylation is 1. The van der Waals surface area contributed by atoms with Gasteiger partial charge < -0.3 is 5.11 Å². The van der Waals surface area contributed by atoms with Gasteiger partial charge >= 0.3 is 5.97 Å². The zero-order valence-electron chi connectivity index (χ0n) is 9.99. The van der Waals surface area contributed by atoms with Crippen LogP contribution in [0.25, 0.3) is 21.5 Å². The van der Waals surface area contributed by atoms with E-state index in [4.69, 9.17) is 5.11 Å². The van der Waals surface area contributed by atoms with Crippen LogP contribution in [-0.4, -0.2) is 26.0 Å². The maximum Gasteiger partial charge on any atom is 0.356 e. The van der Waals surface area contributed by atoms with E-state index in [1.165, 1.54) is 6.20 Å². The number of nitrogens with zero attached hydrogens (tertiary/aromatic N) is 3. The number of fused-ring (bicyclic) bond motifs is 1. The quantitative estimate of drug-likeness (QED) is 0.775. The first-order valence-corrected chi connectivity index (χ1v) is 6.38. The summed E-state index contributed by atoms with van der Waals surface area (Å²) in [5.41, 5.74) is 2.18. The van der Waals surface area contributed by atoms with Gasteiger partial charge in [0.25, 0.3) is 0 Å². The highest BCUT2D eigenvalue weighted by Gasteiger charge is 2.09. The van der Waals surface area contributed by atoms with Gasteiger partial charge in [-0.1, -0.05) is 6.07 Å². The lowest BCUT2D eigenvalue weighted by Crippen LogP contribution is -2.01. The number of hydrogen-bond donors (Lipinski definition) is 1. The van der Waals surface area contributed by atoms with Crippen LogP contribution in [0.1, 0.15) is 15.5 Å². The van der Waals surface area contributed by atoms with Gasteiger partial charge in [-0.3, -0.25) is 4.98 Å². The van der Waals surface area contributed by atoms with Crippen LogP contribution in [0.4, 0.5) is 0 Å². The third-order valence-corrected chi connectivity index (χ3v) is 3.60. The molecule has 0 amide bonds. The van der Waals surface area contributed by atoms with E-state index in [1.54, 1.807) is 17.5 Å². The van der Waals surface area contributed by atoms with Crippen LogP contribution in [0.3, 0.4) is 0 Å². The number of carbonyl (C=O) groups is 1. The molecule has 0 bridgehead atoms. The summed E-state index contributed by atoms with van der Waals surface area (Å²) < 4.78 is 1.10. The molecule has 1 N–H and O–H groups in total. The highest BCUT2D eigenvalue weighted by atomic mass is 32.1. The predicted octanol–water partition coefficient (Wildman–Crippen LogP) is 2.76. The van der Waals surface area contributed by atoms with Gasteiger partial charge in [-0.2, -0.15) is 0 Å². The average molecular weight is 271 g/mol. The second-order valence-electron chi connectivity index (χ2n) is 4.01. The highest BCUT2D eigenvalue weighted by molar-refractivity contribution is 7.18. The van der Waals surface area contributed by atoms with Crippen molar-refractivity contribution in [2.24, 2.45) is 0 Å². The van der Waals surface area contributed by atoms with Gasteiger partial charge in [0.05, 0.1) is 33.3 Å². The van der Waals surface area contributed by atoms with E-state index >= 15 is 0 Å². The molecular formula is C13H9N3O2S. The van der Waals surface area contributed by atoms with Gasteiger partial charge in [0.2, 0.25) is 0 Å². The molecule has 19 heavy (non-hydrogen) atoms. The van der Waals surface area contributed by atoms with E-state index in [1.807, 2.05) is 25.1 Å². The molecule has 0 aliphatic carbocycles. The Bertz CT molecular complexity index is 782. The predicted molar refractivity (Wildman–Crippen MR) is 72.3 cm³/mol. The van der Waals surface area contributed by atoms with E-state index in [0.29, 0.717) is 5.69 Å². The molecule has 1 aromatic carbocycles. The van der Waals surface area contributed by atoms with Crippen molar-refractivity contribution in [2.75, 3.05) is 0 Å². The summed E-state index contributed by atoms with van der Waals surface area (Å²) in [7, 11) is 0. The zero-order chi connectivity index (χ0) is 13.4. The first-order valence-electron chi connectivity index (χ1n) is 5.56. The molecule has 0 radical (unpaired) electrons. The van der Waals surface area contributed by atoms with E-state index < -0.39 is 5.97 Å². The number of hydrogen-bond acceptors (Lipinski definition) is 5. The molecule has 3 rings (SSSR count). The molecule has 0 fully saturated rings. The van der Waals surface area contributed by atoms with Crippen LogP contribution in [-0.2, 0) is 0 Å². The second kappa shape index (κ2) is 4.40. The Morgan fingerprint density at radius 2 is 2.11 bits per heavy atom. The molecule has 0 saturated carbocycles. The molecule has 94 valence electrons. The topological polar surface area (TPSA) is 76.0 Å². The van der Waals surface area contributed by atoms with Crippen molar-refractivity contribution in [3.63, 3.8) is 0 Å². The van der Waals surface area contributed by atoms with E-state index in [0.717, 1.165) is 20.8 Å². The van der Waals surface area contributed by atoms with Gasteiger partial charge in [-0.15, -0.1) is 11.3 Å². The largest absolute Gasteiger partial charge is 0.476 e. The fourth-order valence-electron chi connectivity index (χ4n) is 1.81. The summed E-state index contributed by atoms with van der Waals surface area (Å²) in [5.74, 6) is -1.08. The van der Waals surface area contributed by atoms with Crippen molar-refractivity contribution in [1.29, 1.82) is 0 Å².